The van der Waals surface area contributed by atoms with Gasteiger partial charge in [-0.2, -0.15) is 0 Å². The number of halogens is 1. The molecule has 1 aromatic heterocycles. The molecule has 0 aliphatic carbocycles. The second-order valence-electron chi connectivity index (χ2n) is 7.79. The summed E-state index contributed by atoms with van der Waals surface area (Å²) in [5, 5.41) is 6.15. The average molecular weight is 400 g/mol. The molecule has 0 radical (unpaired) electrons. The molecule has 2 saturated heterocycles. The highest BCUT2D eigenvalue weighted by Gasteiger charge is 2.49. The van der Waals surface area contributed by atoms with Gasteiger partial charge in [0.2, 0.25) is 0 Å². The van der Waals surface area contributed by atoms with Crippen LogP contribution in [0.1, 0.15) is 25.5 Å². The van der Waals surface area contributed by atoms with E-state index in [0.29, 0.717) is 36.0 Å². The average Bonchev–Trinajstić information content (AvgIpc) is 3.08. The molecule has 8 heteroatoms. The zero-order valence-corrected chi connectivity index (χ0v) is 16.5. The highest BCUT2D eigenvalue weighted by molar-refractivity contribution is 6.34. The number of pyridine rings is 1. The van der Waals surface area contributed by atoms with E-state index in [1.54, 1.807) is 40.4 Å². The monoisotopic (exact) mass is 399 g/mol. The number of carbonyl (C=O) groups is 2. The number of hydrogen-bond donors (Lipinski definition) is 2. The predicted octanol–water partition coefficient (Wildman–Crippen LogP) is 3.88. The molecule has 1 aromatic carbocycles. The lowest BCUT2D eigenvalue weighted by Crippen LogP contribution is -2.59. The fourth-order valence-electron chi connectivity index (χ4n) is 3.98. The van der Waals surface area contributed by atoms with E-state index in [4.69, 9.17) is 11.6 Å². The predicted molar refractivity (Wildman–Crippen MR) is 109 cm³/mol. The number of likely N-dealkylation sites (tertiary alicyclic amines) is 1. The van der Waals surface area contributed by atoms with E-state index in [0.717, 1.165) is 5.56 Å². The molecule has 2 N–H and O–H groups in total. The fraction of sp³-hybridized carbons (Fsp3) is 0.350. The standard InChI is InChI=1S/C20H22ClN5O2/c1-20(2)12-26(17(20)13-4-3-7-22-11-13)19(28)24-14-5-6-15(21)16(10-14)25-9-8-23-18(25)27/h3-7,10-11,17H,8-9,12H2,1-2H3,(H,23,27)(H,24,28). The molecular weight excluding hydrogens is 378 g/mol. The molecule has 28 heavy (non-hydrogen) atoms. The van der Waals surface area contributed by atoms with E-state index in [1.807, 2.05) is 12.1 Å². The molecule has 2 aliphatic heterocycles. The van der Waals surface area contributed by atoms with E-state index in [-0.39, 0.29) is 23.5 Å². The van der Waals surface area contributed by atoms with Gasteiger partial charge < -0.3 is 15.5 Å². The maximum Gasteiger partial charge on any atom is 0.322 e. The molecule has 2 aliphatic rings. The summed E-state index contributed by atoms with van der Waals surface area (Å²) in [5.74, 6) is 0. The van der Waals surface area contributed by atoms with Gasteiger partial charge in [0, 0.05) is 43.1 Å². The van der Waals surface area contributed by atoms with Gasteiger partial charge in [-0.3, -0.25) is 9.88 Å². The van der Waals surface area contributed by atoms with E-state index in [1.165, 1.54) is 0 Å². The van der Waals surface area contributed by atoms with Crippen LogP contribution in [0.2, 0.25) is 5.02 Å². The van der Waals surface area contributed by atoms with Gasteiger partial charge >= 0.3 is 12.1 Å². The number of benzene rings is 1. The van der Waals surface area contributed by atoms with Crippen LogP contribution in [0.5, 0.6) is 0 Å². The Hall–Kier alpha value is -2.80. The Morgan fingerprint density at radius 3 is 2.82 bits per heavy atom. The summed E-state index contributed by atoms with van der Waals surface area (Å²) in [5.41, 5.74) is 2.17. The summed E-state index contributed by atoms with van der Waals surface area (Å²) in [4.78, 5) is 32.4. The molecule has 4 amide bonds. The molecule has 2 fully saturated rings. The molecule has 1 unspecified atom stereocenters. The highest BCUT2D eigenvalue weighted by atomic mass is 35.5. The minimum atomic E-state index is -0.188. The molecule has 146 valence electrons. The molecule has 1 atom stereocenters. The number of amides is 4. The molecular formula is C20H22ClN5O2. The number of nitrogens with zero attached hydrogens (tertiary/aromatic N) is 3. The third-order valence-electron chi connectivity index (χ3n) is 5.24. The molecule has 7 nitrogen and oxygen atoms in total. The van der Waals surface area contributed by atoms with Crippen LogP contribution >= 0.6 is 11.6 Å². The Morgan fingerprint density at radius 1 is 1.36 bits per heavy atom. The number of anilines is 2. The summed E-state index contributed by atoms with van der Waals surface area (Å²) in [6.07, 6.45) is 3.53. The van der Waals surface area contributed by atoms with Crippen LogP contribution in [0.4, 0.5) is 21.0 Å². The number of hydrogen-bond acceptors (Lipinski definition) is 3. The first kappa shape index (κ1) is 18.6. The van der Waals surface area contributed by atoms with Gasteiger partial charge in [0.15, 0.2) is 0 Å². The maximum absolute atomic E-state index is 12.9. The molecule has 0 bridgehead atoms. The molecule has 3 heterocycles. The summed E-state index contributed by atoms with van der Waals surface area (Å²) < 4.78 is 0. The first-order valence-electron chi connectivity index (χ1n) is 9.19. The van der Waals surface area contributed by atoms with Gasteiger partial charge in [-0.25, -0.2) is 9.59 Å². The van der Waals surface area contributed by atoms with Crippen molar-refractivity contribution in [1.82, 2.24) is 15.2 Å². The van der Waals surface area contributed by atoms with Gasteiger partial charge in [-0.1, -0.05) is 31.5 Å². The van der Waals surface area contributed by atoms with Crippen LogP contribution in [0.3, 0.4) is 0 Å². The van der Waals surface area contributed by atoms with E-state index < -0.39 is 0 Å². The number of carbonyl (C=O) groups excluding carboxylic acids is 2. The molecule has 0 saturated carbocycles. The van der Waals surface area contributed by atoms with Crippen molar-refractivity contribution in [1.29, 1.82) is 0 Å². The highest BCUT2D eigenvalue weighted by Crippen LogP contribution is 2.48. The first-order valence-corrected chi connectivity index (χ1v) is 9.57. The van der Waals surface area contributed by atoms with Crippen LogP contribution in [0, 0.1) is 5.41 Å². The van der Waals surface area contributed by atoms with Crippen molar-refractivity contribution >= 4 is 35.0 Å². The van der Waals surface area contributed by atoms with E-state index in [2.05, 4.69) is 29.5 Å². The van der Waals surface area contributed by atoms with E-state index >= 15 is 0 Å². The number of urea groups is 2. The molecule has 2 aromatic rings. The normalized spacial score (nSPS) is 20.5. The Bertz CT molecular complexity index is 918. The number of aromatic nitrogens is 1. The fourth-order valence-corrected chi connectivity index (χ4v) is 4.20. The van der Waals surface area contributed by atoms with Crippen LogP contribution in [0.15, 0.2) is 42.7 Å². The zero-order chi connectivity index (χ0) is 19.9. The Labute approximate surface area is 168 Å². The Kier molecular flexibility index (Phi) is 4.63. The number of nitrogens with one attached hydrogen (secondary N) is 2. The Balaban J connectivity index is 1.53. The third-order valence-corrected chi connectivity index (χ3v) is 5.56. The van der Waals surface area contributed by atoms with Crippen LogP contribution < -0.4 is 15.5 Å². The van der Waals surface area contributed by atoms with Crippen molar-refractivity contribution in [2.24, 2.45) is 5.41 Å². The second kappa shape index (κ2) is 6.98. The SMILES string of the molecule is CC1(C)CN(C(=O)Nc2ccc(Cl)c(N3CCNC3=O)c2)C1c1cccnc1. The molecule has 4 rings (SSSR count). The third kappa shape index (κ3) is 3.26. The van der Waals surface area contributed by atoms with Gasteiger partial charge in [-0.15, -0.1) is 0 Å². The van der Waals surface area contributed by atoms with Crippen LogP contribution in [-0.4, -0.2) is 41.6 Å². The topological polar surface area (TPSA) is 77.6 Å². The first-order chi connectivity index (χ1) is 13.4. The van der Waals surface area contributed by atoms with Gasteiger partial charge in [-0.05, 0) is 29.8 Å². The van der Waals surface area contributed by atoms with Gasteiger partial charge in [0.05, 0.1) is 16.8 Å². The maximum atomic E-state index is 12.9. The van der Waals surface area contributed by atoms with Crippen LogP contribution in [-0.2, 0) is 0 Å². The van der Waals surface area contributed by atoms with Gasteiger partial charge in [0.25, 0.3) is 0 Å². The lowest BCUT2D eigenvalue weighted by atomic mass is 9.72. The minimum absolute atomic E-state index is 0.0286. The molecule has 0 spiro atoms. The quantitative estimate of drug-likeness (QED) is 0.822. The minimum Gasteiger partial charge on any atom is -0.336 e. The smallest absolute Gasteiger partial charge is 0.322 e. The Morgan fingerprint density at radius 2 is 2.18 bits per heavy atom. The van der Waals surface area contributed by atoms with Crippen molar-refractivity contribution in [3.63, 3.8) is 0 Å². The largest absolute Gasteiger partial charge is 0.336 e. The summed E-state index contributed by atoms with van der Waals surface area (Å²) in [6.45, 7) is 6.04. The number of rotatable bonds is 3. The van der Waals surface area contributed by atoms with Crippen molar-refractivity contribution in [3.05, 3.63) is 53.3 Å². The summed E-state index contributed by atoms with van der Waals surface area (Å²) in [6, 6.07) is 8.61. The van der Waals surface area contributed by atoms with Crippen molar-refractivity contribution in [3.8, 4) is 0 Å². The summed E-state index contributed by atoms with van der Waals surface area (Å²) >= 11 is 6.27. The zero-order valence-electron chi connectivity index (χ0n) is 15.8. The van der Waals surface area contributed by atoms with Crippen molar-refractivity contribution in [2.75, 3.05) is 29.9 Å². The van der Waals surface area contributed by atoms with Gasteiger partial charge in [0.1, 0.15) is 0 Å². The lowest BCUT2D eigenvalue weighted by Gasteiger charge is -2.54. The van der Waals surface area contributed by atoms with E-state index in [9.17, 15) is 9.59 Å². The van der Waals surface area contributed by atoms with Crippen molar-refractivity contribution < 1.29 is 9.59 Å². The van der Waals surface area contributed by atoms with Crippen molar-refractivity contribution in [2.45, 2.75) is 19.9 Å². The second-order valence-corrected chi connectivity index (χ2v) is 8.19. The lowest BCUT2D eigenvalue weighted by molar-refractivity contribution is -0.0117. The summed E-state index contributed by atoms with van der Waals surface area (Å²) in [7, 11) is 0. The van der Waals surface area contributed by atoms with Crippen LogP contribution in [0.25, 0.3) is 0 Å².